The first-order chi connectivity index (χ1) is 9.40. The Hall–Kier alpha value is -1.83. The summed E-state index contributed by atoms with van der Waals surface area (Å²) in [6.07, 6.45) is 2.58. The summed E-state index contributed by atoms with van der Waals surface area (Å²) >= 11 is 0. The van der Waals surface area contributed by atoms with Crippen molar-refractivity contribution in [1.82, 2.24) is 10.6 Å². The molecule has 1 saturated carbocycles. The van der Waals surface area contributed by atoms with E-state index in [1.54, 1.807) is 0 Å². The molecule has 0 aromatic carbocycles. The number of urea groups is 1. The van der Waals surface area contributed by atoms with Crippen molar-refractivity contribution in [2.24, 2.45) is 0 Å². The smallest absolute Gasteiger partial charge is 0.326 e. The zero-order chi connectivity index (χ0) is 15.1. The molecule has 0 bridgehead atoms. The number of aliphatic hydroxyl groups excluding tert-OH is 1. The quantitative estimate of drug-likeness (QED) is 0.448. The van der Waals surface area contributed by atoms with Crippen LogP contribution in [0.5, 0.6) is 0 Å². The molecule has 0 heterocycles. The molecular weight excluding hydrogens is 268 g/mol. The summed E-state index contributed by atoms with van der Waals surface area (Å²) in [4.78, 5) is 33.0. The van der Waals surface area contributed by atoms with E-state index in [4.69, 9.17) is 10.2 Å². The number of nitrogens with one attached hydrogen (secondary N) is 2. The van der Waals surface area contributed by atoms with Crippen molar-refractivity contribution in [3.05, 3.63) is 0 Å². The van der Waals surface area contributed by atoms with Gasteiger partial charge in [0.1, 0.15) is 6.04 Å². The molecule has 8 nitrogen and oxygen atoms in total. The van der Waals surface area contributed by atoms with Gasteiger partial charge in [0.05, 0.1) is 18.6 Å². The molecule has 1 aliphatic rings. The summed E-state index contributed by atoms with van der Waals surface area (Å²) in [5, 5.41) is 31.8. The lowest BCUT2D eigenvalue weighted by atomic mass is 10.1. The van der Waals surface area contributed by atoms with Crippen LogP contribution < -0.4 is 10.6 Å². The largest absolute Gasteiger partial charge is 0.481 e. The molecule has 0 aromatic heterocycles. The number of carboxylic acid groups (broad SMARTS) is 2. The Kier molecular flexibility index (Phi) is 6.23. The second kappa shape index (κ2) is 7.68. The molecule has 8 heteroatoms. The van der Waals surface area contributed by atoms with Gasteiger partial charge in [-0.05, 0) is 12.8 Å². The van der Waals surface area contributed by atoms with Crippen molar-refractivity contribution >= 4 is 18.0 Å². The van der Waals surface area contributed by atoms with Crippen LogP contribution in [0.1, 0.15) is 38.5 Å². The normalized spacial score (nSPS) is 24.2. The minimum Gasteiger partial charge on any atom is -0.481 e. The van der Waals surface area contributed by atoms with E-state index >= 15 is 0 Å². The van der Waals surface area contributed by atoms with Crippen LogP contribution in [0.4, 0.5) is 4.79 Å². The Balaban J connectivity index is 2.51. The first-order valence-corrected chi connectivity index (χ1v) is 6.60. The van der Waals surface area contributed by atoms with Crippen molar-refractivity contribution in [3.63, 3.8) is 0 Å². The van der Waals surface area contributed by atoms with Gasteiger partial charge < -0.3 is 26.0 Å². The Morgan fingerprint density at radius 1 is 1.10 bits per heavy atom. The molecular formula is C12H20N2O6. The number of rotatable bonds is 5. The summed E-state index contributed by atoms with van der Waals surface area (Å²) in [6, 6.07) is -2.70. The minimum atomic E-state index is -1.49. The molecule has 20 heavy (non-hydrogen) atoms. The molecule has 0 spiro atoms. The molecule has 1 aliphatic carbocycles. The van der Waals surface area contributed by atoms with E-state index in [-0.39, 0.29) is 0 Å². The molecule has 0 aromatic rings. The summed E-state index contributed by atoms with van der Waals surface area (Å²) in [5.74, 6) is -2.73. The van der Waals surface area contributed by atoms with Gasteiger partial charge in [0.15, 0.2) is 0 Å². The van der Waals surface area contributed by atoms with Crippen LogP contribution in [0.2, 0.25) is 0 Å². The number of hydrogen-bond donors (Lipinski definition) is 5. The fourth-order valence-electron chi connectivity index (χ4n) is 2.20. The van der Waals surface area contributed by atoms with Crippen LogP contribution in [0.3, 0.4) is 0 Å². The fourth-order valence-corrected chi connectivity index (χ4v) is 2.20. The van der Waals surface area contributed by atoms with Gasteiger partial charge >= 0.3 is 18.0 Å². The van der Waals surface area contributed by atoms with Crippen LogP contribution in [0, 0.1) is 0 Å². The summed E-state index contributed by atoms with van der Waals surface area (Å²) in [6.45, 7) is 0. The van der Waals surface area contributed by atoms with Crippen molar-refractivity contribution in [3.8, 4) is 0 Å². The maximum Gasteiger partial charge on any atom is 0.326 e. The second-order valence-electron chi connectivity index (χ2n) is 4.92. The monoisotopic (exact) mass is 288 g/mol. The Labute approximate surface area is 116 Å². The van der Waals surface area contributed by atoms with Crippen molar-refractivity contribution in [2.45, 2.75) is 56.7 Å². The van der Waals surface area contributed by atoms with Gasteiger partial charge in [-0.15, -0.1) is 0 Å². The first kappa shape index (κ1) is 16.2. The molecule has 114 valence electrons. The van der Waals surface area contributed by atoms with E-state index < -0.39 is 42.6 Å². The van der Waals surface area contributed by atoms with Gasteiger partial charge in [0, 0.05) is 0 Å². The van der Waals surface area contributed by atoms with E-state index in [1.807, 2.05) is 0 Å². The predicted molar refractivity (Wildman–Crippen MR) is 68.2 cm³/mol. The molecule has 0 saturated heterocycles. The molecule has 0 radical (unpaired) electrons. The SMILES string of the molecule is O=C(O)C[C@H](NC(=O)NC1CCCCCC1O)C(=O)O. The highest BCUT2D eigenvalue weighted by Crippen LogP contribution is 2.17. The van der Waals surface area contributed by atoms with E-state index in [0.29, 0.717) is 12.8 Å². The third-order valence-corrected chi connectivity index (χ3v) is 3.28. The number of carbonyl (C=O) groups is 3. The average molecular weight is 288 g/mol. The summed E-state index contributed by atoms with van der Waals surface area (Å²) < 4.78 is 0. The van der Waals surface area contributed by atoms with Gasteiger partial charge in [-0.3, -0.25) is 4.79 Å². The standard InChI is InChI=1S/C12H20N2O6/c15-9-5-3-1-2-4-7(9)13-12(20)14-8(11(18)19)6-10(16)17/h7-9,15H,1-6H2,(H,16,17)(H,18,19)(H2,13,14,20)/t7?,8-,9?/m0/s1. The van der Waals surface area contributed by atoms with Crippen LogP contribution in [-0.2, 0) is 9.59 Å². The van der Waals surface area contributed by atoms with Crippen molar-refractivity contribution in [2.75, 3.05) is 0 Å². The first-order valence-electron chi connectivity index (χ1n) is 6.60. The van der Waals surface area contributed by atoms with Crippen LogP contribution in [0.25, 0.3) is 0 Å². The van der Waals surface area contributed by atoms with Gasteiger partial charge in [-0.25, -0.2) is 9.59 Å². The third kappa shape index (κ3) is 5.43. The lowest BCUT2D eigenvalue weighted by Gasteiger charge is -2.23. The highest BCUT2D eigenvalue weighted by atomic mass is 16.4. The Bertz CT molecular complexity index is 373. The van der Waals surface area contributed by atoms with Gasteiger partial charge in [-0.2, -0.15) is 0 Å². The number of carboxylic acids is 2. The van der Waals surface area contributed by atoms with E-state index in [2.05, 4.69) is 10.6 Å². The second-order valence-corrected chi connectivity index (χ2v) is 4.92. The molecule has 1 rings (SSSR count). The van der Waals surface area contributed by atoms with Crippen LogP contribution >= 0.6 is 0 Å². The minimum absolute atomic E-state index is 0.434. The Morgan fingerprint density at radius 2 is 1.75 bits per heavy atom. The van der Waals surface area contributed by atoms with Gasteiger partial charge in [0.2, 0.25) is 0 Å². The van der Waals surface area contributed by atoms with Crippen molar-refractivity contribution < 1.29 is 29.7 Å². The maximum atomic E-state index is 11.7. The van der Waals surface area contributed by atoms with E-state index in [1.165, 1.54) is 0 Å². The van der Waals surface area contributed by atoms with Crippen molar-refractivity contribution in [1.29, 1.82) is 0 Å². The van der Waals surface area contributed by atoms with Gasteiger partial charge in [0.25, 0.3) is 0 Å². The molecule has 2 amide bonds. The number of aliphatic carboxylic acids is 2. The predicted octanol–water partition coefficient (Wildman–Crippen LogP) is -0.0929. The lowest BCUT2D eigenvalue weighted by molar-refractivity contribution is -0.145. The average Bonchev–Trinajstić information content (AvgIpc) is 2.53. The van der Waals surface area contributed by atoms with Gasteiger partial charge in [-0.1, -0.05) is 19.3 Å². The number of aliphatic hydroxyl groups is 1. The zero-order valence-electron chi connectivity index (χ0n) is 11.0. The van der Waals surface area contributed by atoms with E-state index in [9.17, 15) is 19.5 Å². The van der Waals surface area contributed by atoms with E-state index in [0.717, 1.165) is 19.3 Å². The fraction of sp³-hybridized carbons (Fsp3) is 0.750. The number of hydrogen-bond acceptors (Lipinski definition) is 4. The summed E-state index contributed by atoms with van der Waals surface area (Å²) in [7, 11) is 0. The molecule has 2 unspecified atom stereocenters. The Morgan fingerprint density at radius 3 is 2.35 bits per heavy atom. The lowest BCUT2D eigenvalue weighted by Crippen LogP contribution is -2.52. The third-order valence-electron chi connectivity index (χ3n) is 3.28. The topological polar surface area (TPSA) is 136 Å². The highest BCUT2D eigenvalue weighted by Gasteiger charge is 2.27. The molecule has 3 atom stereocenters. The number of carbonyl (C=O) groups excluding carboxylic acids is 1. The summed E-state index contributed by atoms with van der Waals surface area (Å²) in [5.41, 5.74) is 0. The molecule has 0 aliphatic heterocycles. The van der Waals surface area contributed by atoms with Crippen LogP contribution in [0.15, 0.2) is 0 Å². The number of amides is 2. The highest BCUT2D eigenvalue weighted by molar-refractivity contribution is 5.86. The molecule has 1 fully saturated rings. The maximum absolute atomic E-state index is 11.7. The molecule has 5 N–H and O–H groups in total. The zero-order valence-corrected chi connectivity index (χ0v) is 11.0. The van der Waals surface area contributed by atoms with Crippen LogP contribution in [-0.4, -0.2) is 51.5 Å².